The quantitative estimate of drug-likeness (QED) is 0.0967. The average Bonchev–Trinajstić information content (AvgIpc) is 4.09. The minimum absolute atomic E-state index is 0.108. The van der Waals surface area contributed by atoms with Crippen molar-refractivity contribution < 1.29 is 28.7 Å². The van der Waals surface area contributed by atoms with Crippen molar-refractivity contribution in [1.29, 1.82) is 0 Å². The number of ether oxygens (including phenoxy) is 2. The normalized spacial score (nSPS) is 20.0. The third kappa shape index (κ3) is 9.02. The van der Waals surface area contributed by atoms with Gasteiger partial charge in [0.1, 0.15) is 28.6 Å². The molecule has 5 aromatic rings. The van der Waals surface area contributed by atoms with Crippen LogP contribution < -0.4 is 10.6 Å². The summed E-state index contributed by atoms with van der Waals surface area (Å²) in [5.41, 5.74) is 7.07. The zero-order valence-electron chi connectivity index (χ0n) is 36.5. The van der Waals surface area contributed by atoms with Crippen LogP contribution in [0.2, 0.25) is 0 Å². The summed E-state index contributed by atoms with van der Waals surface area (Å²) in [5.74, 6) is 1.61. The first kappa shape index (κ1) is 43.4. The van der Waals surface area contributed by atoms with Gasteiger partial charge in [0.05, 0.1) is 37.5 Å². The number of carbonyl (C=O) groups is 4. The number of alkyl carbamates (subject to hydrolysis) is 2. The lowest BCUT2D eigenvalue weighted by molar-refractivity contribution is -0.136. The molecule has 61 heavy (non-hydrogen) atoms. The second-order valence-corrected chi connectivity index (χ2v) is 18.3. The molecule has 0 saturated carbocycles. The van der Waals surface area contributed by atoms with E-state index in [1.54, 1.807) is 11.3 Å². The molecular formula is C46H58N8O6S. The first-order valence-electron chi connectivity index (χ1n) is 21.3. The maximum absolute atomic E-state index is 13.8. The minimum atomic E-state index is -0.701. The van der Waals surface area contributed by atoms with E-state index in [1.165, 1.54) is 14.2 Å². The SMILES string of the molecule is CCc1[nH]c([C@@H]2C[C@H](C)CN2C(=O)[C@@H](NC(=O)OC)C(C)C)nc1-c1ccc(-c2ccc(-c3cc4[nH]c([C@@H]5C[C@H](C)CN5C(=O)[C@@H](NC(=O)OC)C(C)C)nc4s3)cc2)cc1. The second kappa shape index (κ2) is 18.1. The lowest BCUT2D eigenvalue weighted by Gasteiger charge is -2.30. The molecule has 7 rings (SSSR count). The highest BCUT2D eigenvalue weighted by molar-refractivity contribution is 7.21. The number of carbonyl (C=O) groups excluding carboxylic acids is 4. The van der Waals surface area contributed by atoms with Crippen LogP contribution in [0.3, 0.4) is 0 Å². The van der Waals surface area contributed by atoms with Crippen LogP contribution in [0.4, 0.5) is 9.59 Å². The Labute approximate surface area is 361 Å². The molecule has 3 aromatic heterocycles. The van der Waals surface area contributed by atoms with E-state index < -0.39 is 24.3 Å². The molecular weight excluding hydrogens is 793 g/mol. The maximum Gasteiger partial charge on any atom is 0.407 e. The van der Waals surface area contributed by atoms with Crippen molar-refractivity contribution in [2.75, 3.05) is 27.3 Å². The standard InChI is InChI=1S/C46H58N8O6S/c1-10-32-39(49-40(47-32)34-19-26(6)22-53(34)43(55)37(24(2)3)50-45(57)59-8)31-17-13-29(14-18-31)28-11-15-30(16-12-28)36-21-33-42(61-36)52-41(48-33)35-20-27(7)23-54(35)44(56)38(25(4)5)51-46(58)60-9/h11-18,21,24-27,34-35,37-38H,10,19-20,22-23H2,1-9H3,(H,47,49)(H,48,52)(H,50,57)(H,51,58)/t26-,27-,34-,35-,37-,38-/m0/s1. The van der Waals surface area contributed by atoms with E-state index in [4.69, 9.17) is 19.4 Å². The number of hydrogen-bond donors (Lipinski definition) is 4. The predicted octanol–water partition coefficient (Wildman–Crippen LogP) is 8.49. The van der Waals surface area contributed by atoms with Gasteiger partial charge in [0.15, 0.2) is 0 Å². The van der Waals surface area contributed by atoms with Crippen LogP contribution in [0.15, 0.2) is 54.6 Å². The summed E-state index contributed by atoms with van der Waals surface area (Å²) in [4.78, 5) is 74.6. The lowest BCUT2D eigenvalue weighted by atomic mass is 10.0. The largest absolute Gasteiger partial charge is 0.453 e. The van der Waals surface area contributed by atoms with E-state index in [1.807, 2.05) is 37.5 Å². The van der Waals surface area contributed by atoms with Crippen LogP contribution in [-0.2, 0) is 25.5 Å². The Morgan fingerprint density at radius 2 is 1.18 bits per heavy atom. The van der Waals surface area contributed by atoms with E-state index in [0.29, 0.717) is 19.0 Å². The number of benzene rings is 2. The molecule has 0 spiro atoms. The number of nitrogens with zero attached hydrogens (tertiary/aromatic N) is 4. The van der Waals surface area contributed by atoms with Crippen LogP contribution in [0.25, 0.3) is 43.2 Å². The summed E-state index contributed by atoms with van der Waals surface area (Å²) in [5, 5.41) is 5.46. The second-order valence-electron chi connectivity index (χ2n) is 17.3. The number of aryl methyl sites for hydroxylation is 1. The van der Waals surface area contributed by atoms with Crippen molar-refractivity contribution in [2.24, 2.45) is 23.7 Å². The molecule has 0 bridgehead atoms. The molecule has 2 saturated heterocycles. The summed E-state index contributed by atoms with van der Waals surface area (Å²) in [6.45, 7) is 15.2. The van der Waals surface area contributed by atoms with Crippen molar-refractivity contribution in [1.82, 2.24) is 40.4 Å². The highest BCUT2D eigenvalue weighted by Gasteiger charge is 2.42. The summed E-state index contributed by atoms with van der Waals surface area (Å²) >= 11 is 1.61. The molecule has 2 aromatic carbocycles. The molecule has 0 aliphatic carbocycles. The van der Waals surface area contributed by atoms with Gasteiger partial charge < -0.3 is 39.9 Å². The summed E-state index contributed by atoms with van der Waals surface area (Å²) in [7, 11) is 2.60. The van der Waals surface area contributed by atoms with Crippen molar-refractivity contribution in [2.45, 2.75) is 91.9 Å². The van der Waals surface area contributed by atoms with Crippen LogP contribution in [0.1, 0.15) is 90.7 Å². The van der Waals surface area contributed by atoms with Crippen LogP contribution in [0, 0.1) is 23.7 Å². The molecule has 15 heteroatoms. The van der Waals surface area contributed by atoms with Crippen LogP contribution in [-0.4, -0.2) is 93.1 Å². The van der Waals surface area contributed by atoms with Crippen molar-refractivity contribution in [3.63, 3.8) is 0 Å². The van der Waals surface area contributed by atoms with Gasteiger partial charge in [-0.2, -0.15) is 0 Å². The van der Waals surface area contributed by atoms with Gasteiger partial charge in [0, 0.05) is 29.2 Å². The number of likely N-dealkylation sites (tertiary alicyclic amines) is 2. The number of methoxy groups -OCH3 is 2. The number of hydrogen-bond acceptors (Lipinski definition) is 9. The summed E-state index contributed by atoms with van der Waals surface area (Å²) in [6.07, 6.45) is 1.07. The number of imidazole rings is 2. The number of nitrogens with one attached hydrogen (secondary N) is 4. The zero-order chi connectivity index (χ0) is 43.7. The van der Waals surface area contributed by atoms with Crippen molar-refractivity contribution >= 4 is 45.7 Å². The summed E-state index contributed by atoms with van der Waals surface area (Å²) < 4.78 is 9.60. The Hall–Kier alpha value is -5.70. The number of amides is 4. The molecule has 0 radical (unpaired) electrons. The van der Waals surface area contributed by atoms with Crippen molar-refractivity contribution in [3.8, 4) is 32.8 Å². The minimum Gasteiger partial charge on any atom is -0.453 e. The molecule has 14 nitrogen and oxygen atoms in total. The summed E-state index contributed by atoms with van der Waals surface area (Å²) in [6, 6.07) is 17.2. The molecule has 6 atom stereocenters. The molecule has 0 unspecified atom stereocenters. The number of aromatic nitrogens is 4. The Balaban J connectivity index is 1.05. The maximum atomic E-state index is 13.8. The molecule has 4 N–H and O–H groups in total. The molecule has 324 valence electrons. The van der Waals surface area contributed by atoms with Gasteiger partial charge in [0.2, 0.25) is 11.8 Å². The molecule has 2 fully saturated rings. The van der Waals surface area contributed by atoms with Gasteiger partial charge in [-0.25, -0.2) is 19.6 Å². The zero-order valence-corrected chi connectivity index (χ0v) is 37.3. The third-order valence-electron chi connectivity index (χ3n) is 12.0. The van der Waals surface area contributed by atoms with Gasteiger partial charge in [-0.15, -0.1) is 11.3 Å². The number of aromatic amines is 2. The number of thiophene rings is 1. The predicted molar refractivity (Wildman–Crippen MR) is 237 cm³/mol. The smallest absolute Gasteiger partial charge is 0.407 e. The van der Waals surface area contributed by atoms with E-state index in [2.05, 4.69) is 96.0 Å². The van der Waals surface area contributed by atoms with E-state index >= 15 is 0 Å². The fourth-order valence-electron chi connectivity index (χ4n) is 8.71. The first-order valence-corrected chi connectivity index (χ1v) is 22.1. The molecule has 2 aliphatic heterocycles. The number of H-pyrrole nitrogens is 2. The van der Waals surface area contributed by atoms with Gasteiger partial charge in [-0.05, 0) is 65.7 Å². The van der Waals surface area contributed by atoms with E-state index in [0.717, 1.165) is 79.8 Å². The Bertz CT molecular complexity index is 2330. The number of fused-ring (bicyclic) bond motifs is 1. The van der Waals surface area contributed by atoms with E-state index in [9.17, 15) is 19.2 Å². The van der Waals surface area contributed by atoms with Crippen LogP contribution >= 0.6 is 11.3 Å². The number of rotatable bonds is 12. The Kier molecular flexibility index (Phi) is 12.9. The fourth-order valence-corrected chi connectivity index (χ4v) is 9.72. The van der Waals surface area contributed by atoms with Crippen molar-refractivity contribution in [3.05, 3.63) is 71.9 Å². The highest BCUT2D eigenvalue weighted by Crippen LogP contribution is 2.40. The third-order valence-corrected chi connectivity index (χ3v) is 13.1. The van der Waals surface area contributed by atoms with E-state index in [-0.39, 0.29) is 41.7 Å². The lowest BCUT2D eigenvalue weighted by Crippen LogP contribution is -2.51. The molecule has 5 heterocycles. The van der Waals surface area contributed by atoms with Crippen LogP contribution in [0.5, 0.6) is 0 Å². The Morgan fingerprint density at radius 3 is 1.62 bits per heavy atom. The average molecular weight is 851 g/mol. The molecule has 4 amide bonds. The van der Waals surface area contributed by atoms with Gasteiger partial charge in [0.25, 0.3) is 0 Å². The van der Waals surface area contributed by atoms with Gasteiger partial charge >= 0.3 is 12.2 Å². The first-order chi connectivity index (χ1) is 29.2. The Morgan fingerprint density at radius 1 is 0.721 bits per heavy atom. The monoisotopic (exact) mass is 850 g/mol. The van der Waals surface area contributed by atoms with Gasteiger partial charge in [-0.3, -0.25) is 9.59 Å². The van der Waals surface area contributed by atoms with Gasteiger partial charge in [-0.1, -0.05) is 97.0 Å². The topological polar surface area (TPSA) is 175 Å². The highest BCUT2D eigenvalue weighted by atomic mass is 32.1. The fraction of sp³-hybridized carbons (Fsp3) is 0.478. The molecule has 2 aliphatic rings.